The molecule has 4 rings (SSSR count). The molecular weight excluding hydrogens is 612 g/mol. The summed E-state index contributed by atoms with van der Waals surface area (Å²) in [6.07, 6.45) is 1.79. The molecule has 3 aromatic carbocycles. The van der Waals surface area contributed by atoms with E-state index >= 15 is 0 Å². The van der Waals surface area contributed by atoms with Gasteiger partial charge in [-0.1, -0.05) is 49.7 Å². The number of amides is 5. The fourth-order valence-electron chi connectivity index (χ4n) is 5.44. The van der Waals surface area contributed by atoms with Gasteiger partial charge < -0.3 is 41.3 Å². The highest BCUT2D eigenvalue weighted by molar-refractivity contribution is 6.01. The molecule has 3 atom stereocenters. The maximum Gasteiger partial charge on any atom is 0.321 e. The van der Waals surface area contributed by atoms with Gasteiger partial charge in [0.25, 0.3) is 5.91 Å². The summed E-state index contributed by atoms with van der Waals surface area (Å²) in [6, 6.07) is 20.4. The lowest BCUT2D eigenvalue weighted by atomic mass is 9.99. The van der Waals surface area contributed by atoms with Crippen LogP contribution in [0.3, 0.4) is 0 Å². The largest absolute Gasteiger partial charge is 0.485 e. The highest BCUT2D eigenvalue weighted by Crippen LogP contribution is 2.35. The zero-order valence-corrected chi connectivity index (χ0v) is 27.8. The van der Waals surface area contributed by atoms with E-state index in [-0.39, 0.29) is 60.6 Å². The Morgan fingerprint density at radius 3 is 2.21 bits per heavy atom. The second kappa shape index (κ2) is 17.2. The molecule has 0 spiro atoms. The molecule has 5 amide bonds. The van der Waals surface area contributed by atoms with E-state index in [0.717, 1.165) is 0 Å². The number of hydrogen-bond donors (Lipinski definition) is 5. The summed E-state index contributed by atoms with van der Waals surface area (Å²) in [5.74, 6) is -0.733. The number of carbonyl (C=O) groups is 4. The van der Waals surface area contributed by atoms with Crippen molar-refractivity contribution in [2.24, 2.45) is 5.92 Å². The summed E-state index contributed by atoms with van der Waals surface area (Å²) >= 11 is 0. The Hall–Kier alpha value is -5.10. The number of rotatable bonds is 13. The van der Waals surface area contributed by atoms with Crippen molar-refractivity contribution in [3.8, 4) is 5.75 Å². The second-order valence-corrected chi connectivity index (χ2v) is 12.2. The van der Waals surface area contributed by atoms with Crippen LogP contribution in [0.4, 0.5) is 27.5 Å². The molecule has 1 heterocycles. The molecule has 0 aromatic heterocycles. The van der Waals surface area contributed by atoms with E-state index in [1.807, 2.05) is 25.1 Å². The van der Waals surface area contributed by atoms with Crippen molar-refractivity contribution in [2.45, 2.75) is 58.1 Å². The Morgan fingerprint density at radius 1 is 0.917 bits per heavy atom. The van der Waals surface area contributed by atoms with E-state index in [0.29, 0.717) is 55.0 Å². The number of nitrogens with zero attached hydrogens (tertiary/aromatic N) is 2. The van der Waals surface area contributed by atoms with Gasteiger partial charge in [-0.25, -0.2) is 4.79 Å². The van der Waals surface area contributed by atoms with Crippen molar-refractivity contribution in [1.82, 2.24) is 9.80 Å². The van der Waals surface area contributed by atoms with Crippen molar-refractivity contribution in [3.63, 3.8) is 0 Å². The summed E-state index contributed by atoms with van der Waals surface area (Å²) in [6.45, 7) is 3.97. The smallest absolute Gasteiger partial charge is 0.321 e. The molecule has 0 unspecified atom stereocenters. The number of nitrogens with two attached hydrogens (primary N) is 1. The maximum absolute atomic E-state index is 13.8. The monoisotopic (exact) mass is 658 g/mol. The van der Waals surface area contributed by atoms with Gasteiger partial charge in [0.1, 0.15) is 6.10 Å². The number of carbonyl (C=O) groups excluding carboxylic acids is 4. The number of fused-ring (bicyclic) bond motifs is 1. The minimum Gasteiger partial charge on any atom is -0.485 e. The SMILES string of the molecule is C[C@@H]1CN([C@H](C)CO)C(=O)c2cccc(NC(=O)CCCCCC(=O)Nc3ccccc3N)c2O[C@@H]1CN(C)C(=O)Nc1ccccc1. The molecule has 0 saturated heterocycles. The second-order valence-electron chi connectivity index (χ2n) is 12.2. The summed E-state index contributed by atoms with van der Waals surface area (Å²) in [7, 11) is 1.67. The van der Waals surface area contributed by atoms with Crippen LogP contribution < -0.4 is 26.4 Å². The summed E-state index contributed by atoms with van der Waals surface area (Å²) < 4.78 is 6.51. The van der Waals surface area contributed by atoms with Gasteiger partial charge in [0, 0.05) is 38.0 Å². The Kier molecular flexibility index (Phi) is 12.8. The van der Waals surface area contributed by atoms with E-state index in [9.17, 15) is 24.3 Å². The third-order valence-corrected chi connectivity index (χ3v) is 8.33. The number of nitrogens with one attached hydrogen (secondary N) is 3. The molecule has 0 radical (unpaired) electrons. The zero-order chi connectivity index (χ0) is 34.6. The number of unbranched alkanes of at least 4 members (excludes halogenated alkanes) is 2. The van der Waals surface area contributed by atoms with Crippen LogP contribution in [0.1, 0.15) is 56.3 Å². The first kappa shape index (κ1) is 35.7. The number of benzene rings is 3. The molecule has 1 aliphatic rings. The normalized spacial score (nSPS) is 16.4. The van der Waals surface area contributed by atoms with Gasteiger partial charge in [0.05, 0.1) is 41.8 Å². The van der Waals surface area contributed by atoms with Crippen molar-refractivity contribution in [1.29, 1.82) is 0 Å². The predicted octanol–water partition coefficient (Wildman–Crippen LogP) is 5.18. The number of anilines is 4. The predicted molar refractivity (Wildman–Crippen MR) is 187 cm³/mol. The zero-order valence-electron chi connectivity index (χ0n) is 27.8. The lowest BCUT2D eigenvalue weighted by Gasteiger charge is -2.38. The summed E-state index contributed by atoms with van der Waals surface area (Å²) in [5, 5.41) is 18.5. The van der Waals surface area contributed by atoms with E-state index in [4.69, 9.17) is 10.5 Å². The van der Waals surface area contributed by atoms with Gasteiger partial charge in [0.2, 0.25) is 11.8 Å². The van der Waals surface area contributed by atoms with Gasteiger partial charge in [-0.15, -0.1) is 0 Å². The van der Waals surface area contributed by atoms with Gasteiger partial charge in [0.15, 0.2) is 5.75 Å². The molecule has 0 bridgehead atoms. The third kappa shape index (κ3) is 9.71. The van der Waals surface area contributed by atoms with Crippen LogP contribution in [0.15, 0.2) is 72.8 Å². The molecule has 12 heteroatoms. The number of aliphatic hydroxyl groups excluding tert-OH is 1. The molecule has 0 aliphatic carbocycles. The third-order valence-electron chi connectivity index (χ3n) is 8.33. The van der Waals surface area contributed by atoms with Crippen molar-refractivity contribution in [3.05, 3.63) is 78.4 Å². The molecule has 0 saturated carbocycles. The van der Waals surface area contributed by atoms with Crippen molar-refractivity contribution < 1.29 is 29.0 Å². The number of para-hydroxylation sites is 4. The Bertz CT molecular complexity index is 1570. The Morgan fingerprint density at radius 2 is 1.54 bits per heavy atom. The standard InChI is InChI=1S/C36H46N6O6/c1-24-21-42(25(2)23-43)35(46)27-15-12-18-30(34(27)48-31(24)22-41(3)36(47)38-26-13-6-4-7-14-26)40-33(45)20-9-5-8-19-32(44)39-29-17-11-10-16-28(29)37/h4,6-7,10-18,24-25,31,43H,5,8-9,19-23,37H2,1-3H3,(H,38,47)(H,39,44)(H,40,45)/t24-,25-,31-/m1/s1. The van der Waals surface area contributed by atoms with Crippen LogP contribution in [0.5, 0.6) is 5.75 Å². The van der Waals surface area contributed by atoms with E-state index in [1.165, 1.54) is 4.90 Å². The number of aliphatic hydroxyl groups is 1. The van der Waals surface area contributed by atoms with Crippen LogP contribution in [0.2, 0.25) is 0 Å². The number of urea groups is 1. The number of nitrogen functional groups attached to an aromatic ring is 1. The number of likely N-dealkylation sites (N-methyl/N-ethyl adjacent to an activating group) is 1. The van der Waals surface area contributed by atoms with Crippen molar-refractivity contribution in [2.75, 3.05) is 48.4 Å². The van der Waals surface area contributed by atoms with E-state index in [1.54, 1.807) is 73.5 Å². The molecular formula is C36H46N6O6. The minimum atomic E-state index is -0.549. The molecule has 6 N–H and O–H groups in total. The fraction of sp³-hybridized carbons (Fsp3) is 0.389. The molecule has 48 heavy (non-hydrogen) atoms. The van der Waals surface area contributed by atoms with Gasteiger partial charge in [-0.05, 0) is 56.2 Å². The maximum atomic E-state index is 13.8. The van der Waals surface area contributed by atoms with Crippen LogP contribution in [-0.2, 0) is 9.59 Å². The molecule has 1 aliphatic heterocycles. The van der Waals surface area contributed by atoms with E-state index in [2.05, 4.69) is 16.0 Å². The van der Waals surface area contributed by atoms with Crippen LogP contribution in [0, 0.1) is 5.92 Å². The number of ether oxygens (including phenoxy) is 1. The molecule has 0 fully saturated rings. The van der Waals surface area contributed by atoms with E-state index < -0.39 is 12.1 Å². The Labute approximate surface area is 281 Å². The lowest BCUT2D eigenvalue weighted by Crippen LogP contribution is -2.50. The Balaban J connectivity index is 1.42. The first-order chi connectivity index (χ1) is 23.1. The average molecular weight is 659 g/mol. The first-order valence-electron chi connectivity index (χ1n) is 16.3. The summed E-state index contributed by atoms with van der Waals surface area (Å²) in [5.41, 5.74) is 8.23. The molecule has 3 aromatic rings. The number of hydrogen-bond acceptors (Lipinski definition) is 7. The quantitative estimate of drug-likeness (QED) is 0.125. The van der Waals surface area contributed by atoms with Crippen LogP contribution in [0.25, 0.3) is 0 Å². The molecule has 12 nitrogen and oxygen atoms in total. The fourth-order valence-corrected chi connectivity index (χ4v) is 5.44. The summed E-state index contributed by atoms with van der Waals surface area (Å²) in [4.78, 5) is 55.3. The van der Waals surface area contributed by atoms with Gasteiger partial charge in [-0.2, -0.15) is 0 Å². The average Bonchev–Trinajstić information content (AvgIpc) is 3.07. The highest BCUT2D eigenvalue weighted by atomic mass is 16.5. The minimum absolute atomic E-state index is 0.140. The van der Waals surface area contributed by atoms with Crippen LogP contribution in [-0.4, -0.2) is 77.5 Å². The molecule has 256 valence electrons. The lowest BCUT2D eigenvalue weighted by molar-refractivity contribution is -0.116. The van der Waals surface area contributed by atoms with Crippen molar-refractivity contribution >= 4 is 46.5 Å². The van der Waals surface area contributed by atoms with Gasteiger partial charge >= 0.3 is 6.03 Å². The van der Waals surface area contributed by atoms with Gasteiger partial charge in [-0.3, -0.25) is 14.4 Å². The topological polar surface area (TPSA) is 166 Å². The first-order valence-corrected chi connectivity index (χ1v) is 16.3. The van der Waals surface area contributed by atoms with Crippen LogP contribution >= 0.6 is 0 Å². The highest BCUT2D eigenvalue weighted by Gasteiger charge is 2.35.